The van der Waals surface area contributed by atoms with Crippen LogP contribution in [0.1, 0.15) is 11.4 Å². The quantitative estimate of drug-likeness (QED) is 0.235. The predicted octanol–water partition coefficient (Wildman–Crippen LogP) is 5.09. The van der Waals surface area contributed by atoms with Crippen LogP contribution in [0.15, 0.2) is 54.9 Å². The number of rotatable bonds is 3. The fourth-order valence-corrected chi connectivity index (χ4v) is 3.78. The molecule has 0 aliphatic carbocycles. The molecule has 4 nitrogen and oxygen atoms in total. The molecule has 0 saturated heterocycles. The average molecular weight is 627 g/mol. The van der Waals surface area contributed by atoms with Gasteiger partial charge in [-0.2, -0.15) is 0 Å². The zero-order valence-corrected chi connectivity index (χ0v) is 22.0. The topological polar surface area (TPSA) is 52.8 Å². The van der Waals surface area contributed by atoms with Crippen LogP contribution in [0.25, 0.3) is 22.8 Å². The first kappa shape index (κ1) is 25.7. The fraction of sp³-hybridized carbons (Fsp3) is 0.208. The molecule has 169 valence electrons. The molecule has 4 rings (SSSR count). The summed E-state index contributed by atoms with van der Waals surface area (Å²) < 4.78 is 26.4. The summed E-state index contributed by atoms with van der Waals surface area (Å²) in [5, 5.41) is 1.20. The van der Waals surface area contributed by atoms with Crippen LogP contribution in [-0.2, 0) is 20.1 Å². The van der Waals surface area contributed by atoms with Crippen LogP contribution in [0.5, 0.6) is 0 Å². The molecule has 0 aliphatic heterocycles. The maximum absolute atomic E-state index is 13.6. The van der Waals surface area contributed by atoms with E-state index in [1.165, 1.54) is 5.19 Å². The molecule has 3 aromatic heterocycles. The Morgan fingerprint density at radius 3 is 2.22 bits per heavy atom. The van der Waals surface area contributed by atoms with Gasteiger partial charge in [-0.15, -0.1) is 12.1 Å². The summed E-state index contributed by atoms with van der Waals surface area (Å²) in [6, 6.07) is 14.0. The van der Waals surface area contributed by atoms with Gasteiger partial charge in [0.1, 0.15) is 0 Å². The molecule has 0 unspecified atom stereocenters. The third kappa shape index (κ3) is 6.48. The Morgan fingerprint density at radius 1 is 0.969 bits per heavy atom. The minimum Gasteiger partial charge on any atom is -0.438 e. The van der Waals surface area contributed by atoms with E-state index in [-0.39, 0.29) is 25.7 Å². The third-order valence-electron chi connectivity index (χ3n) is 4.71. The van der Waals surface area contributed by atoms with Crippen LogP contribution in [-0.4, -0.2) is 23.0 Å². The molecule has 0 fully saturated rings. The van der Waals surface area contributed by atoms with Gasteiger partial charge in [0.25, 0.3) is 0 Å². The van der Waals surface area contributed by atoms with Gasteiger partial charge in [0.2, 0.25) is 0 Å². The second-order valence-electron chi connectivity index (χ2n) is 8.16. The SMILES string of the molecule is C[Si](C)(C)c1ccc(-c2[c-]cc(F)cc2F)nc1.Cc1nc(-c2ccccn2)[n-]c1C.[Ir]. The molecule has 8 heteroatoms. The number of pyridine rings is 2. The summed E-state index contributed by atoms with van der Waals surface area (Å²) in [5.41, 5.74) is 3.47. The molecule has 0 spiro atoms. The molecule has 4 aromatic rings. The van der Waals surface area contributed by atoms with Gasteiger partial charge in [0, 0.05) is 44.1 Å². The third-order valence-corrected chi connectivity index (χ3v) is 6.74. The van der Waals surface area contributed by atoms with Crippen molar-refractivity contribution in [2.24, 2.45) is 0 Å². The zero-order valence-electron chi connectivity index (χ0n) is 18.6. The maximum atomic E-state index is 13.6. The van der Waals surface area contributed by atoms with Gasteiger partial charge in [-0.3, -0.25) is 13.8 Å². The number of aromatic nitrogens is 4. The second-order valence-corrected chi connectivity index (χ2v) is 13.2. The van der Waals surface area contributed by atoms with Gasteiger partial charge in [-0.25, -0.2) is 0 Å². The molecule has 0 saturated carbocycles. The number of nitrogens with zero attached hydrogens (tertiary/aromatic N) is 4. The number of hydrogen-bond acceptors (Lipinski definition) is 3. The van der Waals surface area contributed by atoms with Gasteiger partial charge in [0.05, 0.1) is 13.8 Å². The Labute approximate surface area is 201 Å². The van der Waals surface area contributed by atoms with E-state index in [1.807, 2.05) is 38.1 Å². The molecule has 0 atom stereocenters. The minimum atomic E-state index is -1.41. The van der Waals surface area contributed by atoms with Crippen LogP contribution >= 0.6 is 0 Å². The van der Waals surface area contributed by atoms with Crippen molar-refractivity contribution in [3.05, 3.63) is 83.9 Å². The smallest absolute Gasteiger partial charge is 0.0795 e. The maximum Gasteiger partial charge on any atom is 0.0795 e. The van der Waals surface area contributed by atoms with Crippen molar-refractivity contribution in [2.45, 2.75) is 33.5 Å². The van der Waals surface area contributed by atoms with Crippen molar-refractivity contribution in [3.8, 4) is 22.8 Å². The normalized spacial score (nSPS) is 10.7. The Balaban J connectivity index is 0.000000230. The molecular weight excluding hydrogens is 603 g/mol. The van der Waals surface area contributed by atoms with Gasteiger partial charge >= 0.3 is 0 Å². The standard InChI is InChI=1S/C14H14F2NSi.C10H10N3.Ir/c1-18(2,3)11-5-7-14(17-9-11)12-6-4-10(15)8-13(12)16;1-7-8(2)13-10(12-7)9-5-3-4-6-11-9;/h4-5,7-9H,1-3H3;3-6H,1-2H3;/q2*-1;. The summed E-state index contributed by atoms with van der Waals surface area (Å²) in [7, 11) is -1.41. The van der Waals surface area contributed by atoms with Crippen LogP contribution in [0.3, 0.4) is 0 Å². The van der Waals surface area contributed by atoms with E-state index < -0.39 is 19.7 Å². The number of hydrogen-bond donors (Lipinski definition) is 0. The van der Waals surface area contributed by atoms with Crippen molar-refractivity contribution >= 4 is 13.3 Å². The molecule has 1 radical (unpaired) electrons. The Kier molecular flexibility index (Phi) is 8.72. The van der Waals surface area contributed by atoms with E-state index in [2.05, 4.69) is 45.6 Å². The molecule has 32 heavy (non-hydrogen) atoms. The molecule has 0 amide bonds. The molecule has 3 heterocycles. The first-order valence-corrected chi connectivity index (χ1v) is 13.4. The van der Waals surface area contributed by atoms with E-state index in [9.17, 15) is 8.78 Å². The Bertz CT molecular complexity index is 1140. The van der Waals surface area contributed by atoms with Crippen molar-refractivity contribution < 1.29 is 28.9 Å². The van der Waals surface area contributed by atoms with Crippen molar-refractivity contribution in [3.63, 3.8) is 0 Å². The number of benzene rings is 1. The number of imidazole rings is 1. The summed E-state index contributed by atoms with van der Waals surface area (Å²) >= 11 is 0. The summed E-state index contributed by atoms with van der Waals surface area (Å²) in [6.07, 6.45) is 3.52. The molecule has 0 N–H and O–H groups in total. The van der Waals surface area contributed by atoms with E-state index >= 15 is 0 Å². The predicted molar refractivity (Wildman–Crippen MR) is 122 cm³/mol. The fourth-order valence-electron chi connectivity index (χ4n) is 2.74. The largest absolute Gasteiger partial charge is 0.438 e. The summed E-state index contributed by atoms with van der Waals surface area (Å²) in [6.45, 7) is 10.6. The average Bonchev–Trinajstić information content (AvgIpc) is 3.07. The van der Waals surface area contributed by atoms with Crippen LogP contribution in [0.2, 0.25) is 19.6 Å². The van der Waals surface area contributed by atoms with E-state index in [4.69, 9.17) is 0 Å². The van der Waals surface area contributed by atoms with Crippen molar-refractivity contribution in [1.82, 2.24) is 19.9 Å². The zero-order chi connectivity index (χ0) is 22.6. The number of aryl methyl sites for hydroxylation is 2. The van der Waals surface area contributed by atoms with Crippen LogP contribution in [0.4, 0.5) is 8.78 Å². The van der Waals surface area contributed by atoms with Gasteiger partial charge in [-0.05, 0) is 42.7 Å². The Morgan fingerprint density at radius 2 is 1.72 bits per heavy atom. The van der Waals surface area contributed by atoms with Gasteiger partial charge < -0.3 is 15.0 Å². The van der Waals surface area contributed by atoms with Crippen molar-refractivity contribution in [2.75, 3.05) is 0 Å². The van der Waals surface area contributed by atoms with Gasteiger partial charge in [0.15, 0.2) is 0 Å². The first-order valence-electron chi connectivity index (χ1n) is 9.88. The monoisotopic (exact) mass is 627 g/mol. The van der Waals surface area contributed by atoms with Gasteiger partial charge in [-0.1, -0.05) is 60.9 Å². The van der Waals surface area contributed by atoms with Crippen LogP contribution < -0.4 is 10.2 Å². The minimum absolute atomic E-state index is 0. The Hall–Kier alpha value is -2.54. The molecular formula is C24H24F2IrN4Si-2. The second kappa shape index (κ2) is 10.9. The van der Waals surface area contributed by atoms with E-state index in [1.54, 1.807) is 18.5 Å². The number of halogens is 2. The summed E-state index contributed by atoms with van der Waals surface area (Å²) in [4.78, 5) is 17.0. The first-order chi connectivity index (χ1) is 14.6. The van der Waals surface area contributed by atoms with Crippen LogP contribution in [0, 0.1) is 31.5 Å². The summed E-state index contributed by atoms with van der Waals surface area (Å²) in [5.74, 6) is -0.547. The van der Waals surface area contributed by atoms with Crippen molar-refractivity contribution in [1.29, 1.82) is 0 Å². The molecule has 0 aliphatic rings. The molecule has 1 aromatic carbocycles. The van der Waals surface area contributed by atoms with E-state index in [0.717, 1.165) is 35.0 Å². The molecule has 0 bridgehead atoms. The van der Waals surface area contributed by atoms with E-state index in [0.29, 0.717) is 5.69 Å².